The number of amides is 3. The molecule has 2 aromatic rings. The summed E-state index contributed by atoms with van der Waals surface area (Å²) < 4.78 is 15.8. The molecule has 0 heterocycles. The van der Waals surface area contributed by atoms with E-state index in [1.165, 1.54) is 7.11 Å². The van der Waals surface area contributed by atoms with Gasteiger partial charge in [0.2, 0.25) is 5.91 Å². The van der Waals surface area contributed by atoms with E-state index in [9.17, 15) is 19.2 Å². The van der Waals surface area contributed by atoms with E-state index in [0.717, 1.165) is 30.6 Å². The molecule has 0 bridgehead atoms. The Morgan fingerprint density at radius 3 is 1.50 bits per heavy atom. The van der Waals surface area contributed by atoms with E-state index in [1.807, 2.05) is 74.5 Å². The molecule has 2 atom stereocenters. The van der Waals surface area contributed by atoms with Crippen LogP contribution in [0.5, 0.6) is 0 Å². The molecule has 0 aliphatic heterocycles. The minimum absolute atomic E-state index is 0.141. The lowest BCUT2D eigenvalue weighted by atomic mass is 10.1. The Morgan fingerprint density at radius 1 is 0.682 bits per heavy atom. The lowest BCUT2D eigenvalue weighted by Gasteiger charge is -2.17. The smallest absolute Gasteiger partial charge is 0.305 e. The lowest BCUT2D eigenvalue weighted by Crippen LogP contribution is -2.31. The average molecular weight is 616 g/mol. The Bertz CT molecular complexity index is 984. The van der Waals surface area contributed by atoms with Gasteiger partial charge in [0.05, 0.1) is 7.11 Å². The van der Waals surface area contributed by atoms with Gasteiger partial charge in [-0.05, 0) is 75.6 Å². The number of para-hydroxylation sites is 2. The molecule has 0 aliphatic carbocycles. The number of anilines is 2. The highest BCUT2D eigenvalue weighted by Gasteiger charge is 2.20. The zero-order chi connectivity index (χ0) is 32.4. The first-order chi connectivity index (χ1) is 21.3. The number of methoxy groups -OCH3 is 1. The number of hydroxylamine groups is 1. The summed E-state index contributed by atoms with van der Waals surface area (Å²) in [5.41, 5.74) is 3.08. The number of rotatable bonds is 20. The fourth-order valence-electron chi connectivity index (χ4n) is 3.96. The number of hydrogen-bond donors (Lipinski definition) is 4. The summed E-state index contributed by atoms with van der Waals surface area (Å²) in [7, 11) is 1.38. The molecule has 2 rings (SSSR count). The molecule has 0 fully saturated rings. The van der Waals surface area contributed by atoms with Gasteiger partial charge in [-0.25, -0.2) is 5.48 Å². The van der Waals surface area contributed by atoms with Crippen molar-refractivity contribution < 1.29 is 38.6 Å². The van der Waals surface area contributed by atoms with Crippen LogP contribution in [0.4, 0.5) is 11.4 Å². The van der Waals surface area contributed by atoms with E-state index in [-0.39, 0.29) is 24.2 Å². The SMILES string of the molecule is CCCOC(CCCCC(=O)NO)C(=O)Nc1ccccc1.CCCOC(CCCCC(=O)OC)C(=O)Nc1ccccc1. The number of benzene rings is 2. The standard InChI is InChI=1S/C17H25NO4.C16H24N2O4/c1-3-13-22-15(11-7-8-12-16(19)21-2)17(20)18-14-9-5-4-6-10-14;1-2-12-22-14(10-6-7-11-15(19)18-21)16(20)17-13-8-4-3-5-9-13/h4-6,9-10,15H,3,7-8,11-13H2,1-2H3,(H,18,20);3-5,8-9,14,21H,2,6-7,10-12H2,1H3,(H,17,20)(H,18,19). The first kappa shape index (κ1) is 38.2. The Labute approximate surface area is 261 Å². The van der Waals surface area contributed by atoms with Crippen LogP contribution in [-0.2, 0) is 33.4 Å². The second-order valence-electron chi connectivity index (χ2n) is 10.0. The molecule has 0 saturated heterocycles. The highest BCUT2D eigenvalue weighted by molar-refractivity contribution is 5.94. The van der Waals surface area contributed by atoms with Crippen LogP contribution >= 0.6 is 0 Å². The molecular weight excluding hydrogens is 566 g/mol. The summed E-state index contributed by atoms with van der Waals surface area (Å²) in [6.07, 6.45) is 5.11. The summed E-state index contributed by atoms with van der Waals surface area (Å²) >= 11 is 0. The first-order valence-corrected chi connectivity index (χ1v) is 15.3. The molecule has 3 amide bonds. The number of carbonyl (C=O) groups is 4. The van der Waals surface area contributed by atoms with Crippen molar-refractivity contribution in [1.82, 2.24) is 5.48 Å². The molecule has 2 aromatic carbocycles. The molecule has 11 heteroatoms. The van der Waals surface area contributed by atoms with E-state index in [4.69, 9.17) is 14.7 Å². The summed E-state index contributed by atoms with van der Waals surface area (Å²) in [6, 6.07) is 18.5. The highest BCUT2D eigenvalue weighted by atomic mass is 16.5. The molecule has 244 valence electrons. The first-order valence-electron chi connectivity index (χ1n) is 15.3. The van der Waals surface area contributed by atoms with Crippen molar-refractivity contribution in [3.63, 3.8) is 0 Å². The van der Waals surface area contributed by atoms with Gasteiger partial charge in [-0.3, -0.25) is 24.4 Å². The Hall–Kier alpha value is -3.80. The minimum atomic E-state index is -0.530. The Kier molecular flexibility index (Phi) is 21.4. The molecular formula is C33H49N3O8. The summed E-state index contributed by atoms with van der Waals surface area (Å²) in [5.74, 6) is -0.955. The van der Waals surface area contributed by atoms with Crippen LogP contribution in [0.2, 0.25) is 0 Å². The van der Waals surface area contributed by atoms with Crippen molar-refractivity contribution in [2.75, 3.05) is 31.0 Å². The van der Waals surface area contributed by atoms with Crippen LogP contribution in [0.3, 0.4) is 0 Å². The quantitative estimate of drug-likeness (QED) is 0.0646. The molecule has 0 saturated carbocycles. The molecule has 4 N–H and O–H groups in total. The van der Waals surface area contributed by atoms with Gasteiger partial charge >= 0.3 is 5.97 Å². The Balaban J connectivity index is 0.000000440. The third-order valence-electron chi connectivity index (χ3n) is 6.28. The van der Waals surface area contributed by atoms with Gasteiger partial charge in [0.25, 0.3) is 11.8 Å². The number of nitrogens with one attached hydrogen (secondary N) is 3. The average Bonchev–Trinajstić information content (AvgIpc) is 3.04. The van der Waals surface area contributed by atoms with Crippen molar-refractivity contribution in [3.8, 4) is 0 Å². The summed E-state index contributed by atoms with van der Waals surface area (Å²) in [6.45, 7) is 5.05. The normalized spacial score (nSPS) is 11.7. The van der Waals surface area contributed by atoms with E-state index in [0.29, 0.717) is 51.7 Å². The van der Waals surface area contributed by atoms with Crippen molar-refractivity contribution in [2.24, 2.45) is 0 Å². The molecule has 0 spiro atoms. The van der Waals surface area contributed by atoms with Gasteiger partial charge in [-0.15, -0.1) is 0 Å². The molecule has 0 radical (unpaired) electrons. The fourth-order valence-corrected chi connectivity index (χ4v) is 3.96. The van der Waals surface area contributed by atoms with E-state index in [1.54, 1.807) is 5.48 Å². The minimum Gasteiger partial charge on any atom is -0.469 e. The largest absolute Gasteiger partial charge is 0.469 e. The van der Waals surface area contributed by atoms with Gasteiger partial charge in [-0.1, -0.05) is 50.2 Å². The third kappa shape index (κ3) is 18.0. The molecule has 0 aromatic heterocycles. The Morgan fingerprint density at radius 2 is 1.11 bits per heavy atom. The van der Waals surface area contributed by atoms with Crippen LogP contribution in [0.15, 0.2) is 60.7 Å². The maximum absolute atomic E-state index is 12.3. The predicted molar refractivity (Wildman–Crippen MR) is 169 cm³/mol. The maximum atomic E-state index is 12.3. The monoisotopic (exact) mass is 615 g/mol. The van der Waals surface area contributed by atoms with Gasteiger partial charge < -0.3 is 24.8 Å². The van der Waals surface area contributed by atoms with Gasteiger partial charge in [0, 0.05) is 37.4 Å². The van der Waals surface area contributed by atoms with Crippen LogP contribution in [0.1, 0.15) is 78.1 Å². The molecule has 2 unspecified atom stereocenters. The topological polar surface area (TPSA) is 152 Å². The van der Waals surface area contributed by atoms with Gasteiger partial charge in [-0.2, -0.15) is 0 Å². The predicted octanol–water partition coefficient (Wildman–Crippen LogP) is 5.64. The van der Waals surface area contributed by atoms with Crippen LogP contribution < -0.4 is 16.1 Å². The summed E-state index contributed by atoms with van der Waals surface area (Å²) in [4.78, 5) is 46.5. The van der Waals surface area contributed by atoms with E-state index in [2.05, 4.69) is 15.4 Å². The van der Waals surface area contributed by atoms with E-state index < -0.39 is 18.1 Å². The number of hydrogen-bond acceptors (Lipinski definition) is 8. The van der Waals surface area contributed by atoms with Crippen molar-refractivity contribution in [3.05, 3.63) is 60.7 Å². The van der Waals surface area contributed by atoms with Gasteiger partial charge in [0.15, 0.2) is 0 Å². The molecule has 11 nitrogen and oxygen atoms in total. The number of carbonyl (C=O) groups excluding carboxylic acids is 4. The second-order valence-corrected chi connectivity index (χ2v) is 10.0. The lowest BCUT2D eigenvalue weighted by molar-refractivity contribution is -0.140. The number of unbranched alkanes of at least 4 members (excludes halogenated alkanes) is 2. The van der Waals surface area contributed by atoms with Crippen LogP contribution in [0, 0.1) is 0 Å². The molecule has 0 aliphatic rings. The summed E-state index contributed by atoms with van der Waals surface area (Å²) in [5, 5.41) is 14.1. The van der Waals surface area contributed by atoms with Crippen molar-refractivity contribution >= 4 is 35.1 Å². The number of esters is 1. The fraction of sp³-hybridized carbons (Fsp3) is 0.515. The zero-order valence-corrected chi connectivity index (χ0v) is 26.2. The van der Waals surface area contributed by atoms with E-state index >= 15 is 0 Å². The van der Waals surface area contributed by atoms with Gasteiger partial charge in [0.1, 0.15) is 12.2 Å². The van der Waals surface area contributed by atoms with Crippen LogP contribution in [0.25, 0.3) is 0 Å². The molecule has 44 heavy (non-hydrogen) atoms. The second kappa shape index (κ2) is 24.6. The maximum Gasteiger partial charge on any atom is 0.305 e. The van der Waals surface area contributed by atoms with Crippen LogP contribution in [-0.4, -0.2) is 61.4 Å². The zero-order valence-electron chi connectivity index (χ0n) is 26.2. The number of ether oxygens (including phenoxy) is 3. The van der Waals surface area contributed by atoms with Crippen molar-refractivity contribution in [2.45, 2.75) is 90.3 Å². The third-order valence-corrected chi connectivity index (χ3v) is 6.28. The highest BCUT2D eigenvalue weighted by Crippen LogP contribution is 2.14. The van der Waals surface area contributed by atoms with Crippen molar-refractivity contribution in [1.29, 1.82) is 0 Å².